The number of nitrogens with two attached hydrogens (primary N) is 2. The lowest BCUT2D eigenvalue weighted by atomic mass is 9.73. The van der Waals surface area contributed by atoms with Crippen molar-refractivity contribution in [3.63, 3.8) is 0 Å². The van der Waals surface area contributed by atoms with Crippen molar-refractivity contribution in [1.29, 1.82) is 0 Å². The van der Waals surface area contributed by atoms with E-state index in [0.717, 1.165) is 59.5 Å². The fourth-order valence-electron chi connectivity index (χ4n) is 4.34. The standard InChI is InChI=1S/C21H28N6S/c1-13-6-7-21(17(13)22)8-11-27(12-9-21)19-15(3)25-20(18(23)26-19)28-16-5-4-10-24-14(16)2/h4-6,10,17H,7-9,11-12,22H2,1-3H3,(H2,23,26)/t17-/m1/s1. The van der Waals surface area contributed by atoms with Crippen molar-refractivity contribution in [1.82, 2.24) is 15.0 Å². The molecule has 2 aromatic heterocycles. The van der Waals surface area contributed by atoms with Gasteiger partial charge in [0.15, 0.2) is 11.6 Å². The molecule has 1 spiro atoms. The molecule has 28 heavy (non-hydrogen) atoms. The summed E-state index contributed by atoms with van der Waals surface area (Å²) in [5.74, 6) is 1.38. The third kappa shape index (κ3) is 3.37. The second-order valence-electron chi connectivity index (χ2n) is 7.99. The number of pyridine rings is 1. The van der Waals surface area contributed by atoms with Gasteiger partial charge in [-0.05, 0) is 57.6 Å². The smallest absolute Gasteiger partial charge is 0.158 e. The molecule has 2 aliphatic rings. The van der Waals surface area contributed by atoms with Crippen LogP contribution in [-0.2, 0) is 0 Å². The first-order valence-corrected chi connectivity index (χ1v) is 10.6. The highest BCUT2D eigenvalue weighted by Crippen LogP contribution is 2.45. The van der Waals surface area contributed by atoms with Gasteiger partial charge in [-0.25, -0.2) is 9.97 Å². The third-order valence-electron chi connectivity index (χ3n) is 6.24. The van der Waals surface area contributed by atoms with Crippen LogP contribution in [0.1, 0.15) is 37.6 Å². The maximum atomic E-state index is 6.49. The largest absolute Gasteiger partial charge is 0.381 e. The minimum absolute atomic E-state index is 0.188. The highest BCUT2D eigenvalue weighted by molar-refractivity contribution is 7.99. The molecule has 0 bridgehead atoms. The number of nitrogens with zero attached hydrogens (tertiary/aromatic N) is 4. The summed E-state index contributed by atoms with van der Waals surface area (Å²) in [6, 6.07) is 4.14. The van der Waals surface area contributed by atoms with Crippen molar-refractivity contribution in [2.75, 3.05) is 23.7 Å². The molecular formula is C21H28N6S. The van der Waals surface area contributed by atoms with Crippen LogP contribution in [0.2, 0.25) is 0 Å². The quantitative estimate of drug-likeness (QED) is 0.767. The summed E-state index contributed by atoms with van der Waals surface area (Å²) in [6.07, 6.45) is 7.36. The maximum absolute atomic E-state index is 6.49. The lowest BCUT2D eigenvalue weighted by molar-refractivity contribution is 0.205. The van der Waals surface area contributed by atoms with Crippen molar-refractivity contribution >= 4 is 23.4 Å². The molecule has 1 atom stereocenters. The number of hydrogen-bond acceptors (Lipinski definition) is 7. The van der Waals surface area contributed by atoms with Crippen LogP contribution in [0, 0.1) is 19.3 Å². The molecule has 1 aliphatic heterocycles. The van der Waals surface area contributed by atoms with Crippen molar-refractivity contribution in [2.45, 2.75) is 56.0 Å². The van der Waals surface area contributed by atoms with Crippen LogP contribution < -0.4 is 16.4 Å². The van der Waals surface area contributed by atoms with Crippen molar-refractivity contribution in [3.05, 3.63) is 41.4 Å². The Hall–Kier alpha value is -2.12. The van der Waals surface area contributed by atoms with Gasteiger partial charge in [-0.2, -0.15) is 0 Å². The Bertz CT molecular complexity index is 917. The SMILES string of the molecule is CC1=CCC2(CCN(c3nc(N)c(Sc4cccnc4C)nc3C)CC2)[C@@H]1N. The molecule has 1 fully saturated rings. The summed E-state index contributed by atoms with van der Waals surface area (Å²) in [5.41, 5.74) is 16.2. The summed E-state index contributed by atoms with van der Waals surface area (Å²) in [7, 11) is 0. The zero-order valence-electron chi connectivity index (χ0n) is 16.8. The van der Waals surface area contributed by atoms with Gasteiger partial charge in [0.05, 0.1) is 11.4 Å². The Morgan fingerprint density at radius 2 is 1.89 bits per heavy atom. The summed E-state index contributed by atoms with van der Waals surface area (Å²) in [5, 5.41) is 0.739. The predicted molar refractivity (Wildman–Crippen MR) is 115 cm³/mol. The monoisotopic (exact) mass is 396 g/mol. The number of nitrogen functional groups attached to an aromatic ring is 1. The highest BCUT2D eigenvalue weighted by atomic mass is 32.2. The number of piperidine rings is 1. The number of aryl methyl sites for hydroxylation is 2. The molecule has 1 aliphatic carbocycles. The zero-order valence-corrected chi connectivity index (χ0v) is 17.6. The van der Waals surface area contributed by atoms with Gasteiger partial charge in [0.1, 0.15) is 5.03 Å². The molecule has 4 rings (SSSR count). The maximum Gasteiger partial charge on any atom is 0.158 e. The molecule has 0 saturated carbocycles. The van der Waals surface area contributed by atoms with E-state index < -0.39 is 0 Å². The van der Waals surface area contributed by atoms with E-state index in [1.54, 1.807) is 6.20 Å². The third-order valence-corrected chi connectivity index (χ3v) is 7.39. The van der Waals surface area contributed by atoms with E-state index in [0.29, 0.717) is 5.82 Å². The summed E-state index contributed by atoms with van der Waals surface area (Å²) < 4.78 is 0. The van der Waals surface area contributed by atoms with Gasteiger partial charge in [-0.3, -0.25) is 4.98 Å². The molecule has 1 saturated heterocycles. The Kier molecular flexibility index (Phi) is 5.05. The van der Waals surface area contributed by atoms with E-state index in [1.165, 1.54) is 17.3 Å². The average Bonchev–Trinajstić information content (AvgIpc) is 2.96. The highest BCUT2D eigenvalue weighted by Gasteiger charge is 2.43. The second kappa shape index (κ2) is 7.37. The van der Waals surface area contributed by atoms with Crippen LogP contribution >= 0.6 is 11.8 Å². The van der Waals surface area contributed by atoms with Crippen LogP contribution in [0.15, 0.2) is 39.9 Å². The number of allylic oxidation sites excluding steroid dienone is 1. The van der Waals surface area contributed by atoms with E-state index in [2.05, 4.69) is 22.9 Å². The Labute approximate surface area is 170 Å². The first kappa shape index (κ1) is 19.2. The Balaban J connectivity index is 1.51. The first-order chi connectivity index (χ1) is 13.4. The molecule has 148 valence electrons. The summed E-state index contributed by atoms with van der Waals surface area (Å²) in [4.78, 5) is 17.2. The fourth-order valence-corrected chi connectivity index (χ4v) is 5.23. The van der Waals surface area contributed by atoms with Crippen molar-refractivity contribution < 1.29 is 0 Å². The molecule has 0 amide bonds. The van der Waals surface area contributed by atoms with Crippen molar-refractivity contribution in [3.8, 4) is 0 Å². The molecular weight excluding hydrogens is 368 g/mol. The lowest BCUT2D eigenvalue weighted by Gasteiger charge is -2.43. The van der Waals surface area contributed by atoms with Crippen LogP contribution in [-0.4, -0.2) is 34.1 Å². The zero-order chi connectivity index (χ0) is 19.9. The first-order valence-electron chi connectivity index (χ1n) is 9.80. The summed E-state index contributed by atoms with van der Waals surface area (Å²) >= 11 is 1.52. The Morgan fingerprint density at radius 3 is 2.54 bits per heavy atom. The van der Waals surface area contributed by atoms with Crippen molar-refractivity contribution in [2.24, 2.45) is 11.1 Å². The number of rotatable bonds is 3. The van der Waals surface area contributed by atoms with E-state index in [-0.39, 0.29) is 11.5 Å². The molecule has 7 heteroatoms. The topological polar surface area (TPSA) is 94.0 Å². The van der Waals surface area contributed by atoms with E-state index >= 15 is 0 Å². The number of aromatic nitrogens is 3. The normalized spacial score (nSPS) is 21.2. The predicted octanol–water partition coefficient (Wildman–Crippen LogP) is 3.49. The molecule has 0 aromatic carbocycles. The van der Waals surface area contributed by atoms with Gasteiger partial charge in [0.2, 0.25) is 0 Å². The fraction of sp³-hybridized carbons (Fsp3) is 0.476. The van der Waals surface area contributed by atoms with Gasteiger partial charge < -0.3 is 16.4 Å². The van der Waals surface area contributed by atoms with Crippen LogP contribution in [0.5, 0.6) is 0 Å². The van der Waals surface area contributed by atoms with E-state index in [4.69, 9.17) is 21.4 Å². The molecule has 3 heterocycles. The molecule has 0 unspecified atom stereocenters. The van der Waals surface area contributed by atoms with Crippen LogP contribution in [0.25, 0.3) is 0 Å². The van der Waals surface area contributed by atoms with Gasteiger partial charge in [0, 0.05) is 30.2 Å². The Morgan fingerprint density at radius 1 is 1.14 bits per heavy atom. The molecule has 6 nitrogen and oxygen atoms in total. The van der Waals surface area contributed by atoms with E-state index in [1.807, 2.05) is 26.0 Å². The average molecular weight is 397 g/mol. The van der Waals surface area contributed by atoms with Gasteiger partial charge >= 0.3 is 0 Å². The summed E-state index contributed by atoms with van der Waals surface area (Å²) in [6.45, 7) is 8.04. The van der Waals surface area contributed by atoms with E-state index in [9.17, 15) is 0 Å². The second-order valence-corrected chi connectivity index (χ2v) is 9.02. The minimum Gasteiger partial charge on any atom is -0.381 e. The van der Waals surface area contributed by atoms with Crippen LogP contribution in [0.4, 0.5) is 11.6 Å². The van der Waals surface area contributed by atoms with Gasteiger partial charge in [0.25, 0.3) is 0 Å². The number of anilines is 2. The lowest BCUT2D eigenvalue weighted by Crippen LogP contribution is -2.48. The van der Waals surface area contributed by atoms with Crippen LogP contribution in [0.3, 0.4) is 0 Å². The van der Waals surface area contributed by atoms with Gasteiger partial charge in [-0.1, -0.05) is 23.4 Å². The molecule has 2 aromatic rings. The minimum atomic E-state index is 0.188. The molecule has 4 N–H and O–H groups in total. The van der Waals surface area contributed by atoms with Gasteiger partial charge in [-0.15, -0.1) is 0 Å². The number of hydrogen-bond donors (Lipinski definition) is 2. The molecule has 0 radical (unpaired) electrons.